The number of likely N-dealkylation sites (tertiary alicyclic amines) is 1. The topological polar surface area (TPSA) is 62.2 Å². The van der Waals surface area contributed by atoms with Gasteiger partial charge in [0.1, 0.15) is 6.54 Å². The van der Waals surface area contributed by atoms with Crippen molar-refractivity contribution in [2.24, 2.45) is 0 Å². The summed E-state index contributed by atoms with van der Waals surface area (Å²) in [6.45, 7) is 2.79. The number of rotatable bonds is 8. The van der Waals surface area contributed by atoms with Crippen molar-refractivity contribution in [2.75, 3.05) is 26.7 Å². The van der Waals surface area contributed by atoms with Gasteiger partial charge >= 0.3 is 5.97 Å². The van der Waals surface area contributed by atoms with Gasteiger partial charge in [0, 0.05) is 30.8 Å². The molecule has 0 spiro atoms. The van der Waals surface area contributed by atoms with E-state index in [9.17, 15) is 9.90 Å². The summed E-state index contributed by atoms with van der Waals surface area (Å²) in [4.78, 5) is 17.6. The Morgan fingerprint density at radius 2 is 1.73 bits per heavy atom. The van der Waals surface area contributed by atoms with E-state index in [0.717, 1.165) is 49.8 Å². The van der Waals surface area contributed by atoms with E-state index in [1.54, 1.807) is 54.7 Å². The van der Waals surface area contributed by atoms with Gasteiger partial charge in [0.25, 0.3) is 0 Å². The molecule has 2 atom stereocenters. The standard InChI is InChI=1S/C28H32N2O3/c1-30(19-9-12-23-11-8-18-29-21-23)20-10-17-26(22-30)33-27(31)28(32,24-13-4-2-5-14-24)25-15-6-3-7-16-25/h2-8,11,13-16,18,21,26H,9-10,12,17,19-20,22H2,1H3/t26?,30-/m1/s1. The molecule has 3 aromatic rings. The number of likely N-dealkylation sites (N-methyl/N-ethyl adjacent to an activating group) is 1. The summed E-state index contributed by atoms with van der Waals surface area (Å²) in [5.74, 6) is -0.714. The van der Waals surface area contributed by atoms with Crippen molar-refractivity contribution in [3.8, 4) is 0 Å². The molecule has 4 rings (SSSR count). The second-order valence-electron chi connectivity index (χ2n) is 9.30. The van der Waals surface area contributed by atoms with E-state index in [2.05, 4.69) is 18.1 Å². The van der Waals surface area contributed by atoms with Crippen molar-refractivity contribution in [1.82, 2.24) is 4.98 Å². The van der Waals surface area contributed by atoms with Crippen LogP contribution < -0.4 is 5.11 Å². The molecule has 0 amide bonds. The Hall–Kier alpha value is -3.02. The van der Waals surface area contributed by atoms with Crippen molar-refractivity contribution in [3.63, 3.8) is 0 Å². The first-order chi connectivity index (χ1) is 16.0. The quantitative estimate of drug-likeness (QED) is 0.394. The highest BCUT2D eigenvalue weighted by Crippen LogP contribution is 2.30. The summed E-state index contributed by atoms with van der Waals surface area (Å²) in [6.07, 6.45) is 7.26. The maximum absolute atomic E-state index is 14.1. The van der Waals surface area contributed by atoms with E-state index in [1.807, 2.05) is 24.4 Å². The molecule has 1 saturated heterocycles. The van der Waals surface area contributed by atoms with Gasteiger partial charge in [-0.2, -0.15) is 0 Å². The molecule has 2 heterocycles. The van der Waals surface area contributed by atoms with E-state index >= 15 is 0 Å². The van der Waals surface area contributed by atoms with Gasteiger partial charge in [0.15, 0.2) is 6.10 Å². The Kier molecular flexibility index (Phi) is 7.21. The molecule has 2 aromatic carbocycles. The zero-order valence-corrected chi connectivity index (χ0v) is 19.2. The first-order valence-corrected chi connectivity index (χ1v) is 11.7. The highest BCUT2D eigenvalue weighted by atomic mass is 16.6. The molecular weight excluding hydrogens is 412 g/mol. The van der Waals surface area contributed by atoms with E-state index in [1.165, 1.54) is 5.56 Å². The molecular formula is C28H32N2O3. The monoisotopic (exact) mass is 444 g/mol. The molecule has 5 heteroatoms. The number of carbonyl (C=O) groups is 1. The number of nitrogens with zero attached hydrogens (tertiary/aromatic N) is 2. The smallest absolute Gasteiger partial charge is 0.304 e. The van der Waals surface area contributed by atoms with Crippen LogP contribution in [0.3, 0.4) is 0 Å². The summed E-state index contributed by atoms with van der Waals surface area (Å²) in [7, 11) is 2.22. The summed E-state index contributed by atoms with van der Waals surface area (Å²) in [6, 6.07) is 21.7. The molecule has 0 N–H and O–H groups in total. The van der Waals surface area contributed by atoms with Gasteiger partial charge < -0.3 is 14.3 Å². The number of aromatic nitrogens is 1. The maximum atomic E-state index is 14.1. The summed E-state index contributed by atoms with van der Waals surface area (Å²) < 4.78 is 6.80. The second-order valence-corrected chi connectivity index (χ2v) is 9.30. The second kappa shape index (κ2) is 10.3. The van der Waals surface area contributed by atoms with Gasteiger partial charge in [-0.05, 0) is 35.6 Å². The minimum atomic E-state index is -2.08. The van der Waals surface area contributed by atoms with Gasteiger partial charge in [-0.3, -0.25) is 9.78 Å². The Labute approximate surface area is 196 Å². The summed E-state index contributed by atoms with van der Waals surface area (Å²) in [5, 5.41) is 14.1. The van der Waals surface area contributed by atoms with Gasteiger partial charge in [-0.1, -0.05) is 66.7 Å². The van der Waals surface area contributed by atoms with Crippen LogP contribution in [-0.4, -0.2) is 48.2 Å². The lowest BCUT2D eigenvalue weighted by Crippen LogP contribution is -2.57. The van der Waals surface area contributed by atoms with Crippen molar-refractivity contribution >= 4 is 5.97 Å². The van der Waals surface area contributed by atoms with Crippen LogP contribution in [0, 0.1) is 0 Å². The number of ether oxygens (including phenoxy) is 1. The molecule has 0 radical (unpaired) electrons. The maximum Gasteiger partial charge on any atom is 0.304 e. The van der Waals surface area contributed by atoms with Crippen LogP contribution in [0.5, 0.6) is 0 Å². The minimum Gasteiger partial charge on any atom is -0.834 e. The minimum absolute atomic E-state index is 0.254. The highest BCUT2D eigenvalue weighted by molar-refractivity contribution is 5.85. The third-order valence-electron chi connectivity index (χ3n) is 6.68. The van der Waals surface area contributed by atoms with Crippen LogP contribution in [0.15, 0.2) is 85.2 Å². The van der Waals surface area contributed by atoms with Gasteiger partial charge in [0.2, 0.25) is 0 Å². The first kappa shape index (κ1) is 23.1. The zero-order valence-electron chi connectivity index (χ0n) is 19.2. The third kappa shape index (κ3) is 5.49. The van der Waals surface area contributed by atoms with Crippen molar-refractivity contribution < 1.29 is 19.1 Å². The van der Waals surface area contributed by atoms with E-state index in [4.69, 9.17) is 4.74 Å². The number of quaternary nitrogens is 1. The predicted octanol–water partition coefficient (Wildman–Crippen LogP) is 3.47. The SMILES string of the molecule is C[N@@+]1(CCCc2cccnc2)CCCC(OC(=O)C([O-])(c2ccccc2)c2ccccc2)C1. The summed E-state index contributed by atoms with van der Waals surface area (Å²) in [5.41, 5.74) is -0.0219. The van der Waals surface area contributed by atoms with Crippen LogP contribution in [0.2, 0.25) is 0 Å². The Morgan fingerprint density at radius 3 is 2.33 bits per heavy atom. The number of pyridine rings is 1. The molecule has 1 unspecified atom stereocenters. The number of aryl methyl sites for hydroxylation is 1. The first-order valence-electron chi connectivity index (χ1n) is 11.7. The van der Waals surface area contributed by atoms with Crippen molar-refractivity contribution in [2.45, 2.75) is 37.4 Å². The number of esters is 1. The average molecular weight is 445 g/mol. The van der Waals surface area contributed by atoms with Crippen molar-refractivity contribution in [3.05, 3.63) is 102 Å². The summed E-state index contributed by atoms with van der Waals surface area (Å²) >= 11 is 0. The lowest BCUT2D eigenvalue weighted by molar-refractivity contribution is -0.917. The molecule has 0 aliphatic carbocycles. The zero-order chi connectivity index (χ0) is 23.2. The number of hydrogen-bond acceptors (Lipinski definition) is 4. The Morgan fingerprint density at radius 1 is 1.06 bits per heavy atom. The fraction of sp³-hybridized carbons (Fsp3) is 0.357. The number of benzene rings is 2. The molecule has 33 heavy (non-hydrogen) atoms. The predicted molar refractivity (Wildman–Crippen MR) is 126 cm³/mol. The van der Waals surface area contributed by atoms with Crippen molar-refractivity contribution in [1.29, 1.82) is 0 Å². The Bertz CT molecular complexity index is 987. The van der Waals surface area contributed by atoms with Gasteiger partial charge in [0.05, 0.1) is 20.1 Å². The lowest BCUT2D eigenvalue weighted by atomic mass is 9.86. The molecule has 1 aromatic heterocycles. The highest BCUT2D eigenvalue weighted by Gasteiger charge is 2.37. The average Bonchev–Trinajstić information content (AvgIpc) is 2.85. The largest absolute Gasteiger partial charge is 0.834 e. The third-order valence-corrected chi connectivity index (χ3v) is 6.68. The van der Waals surface area contributed by atoms with Crippen LogP contribution in [0.4, 0.5) is 0 Å². The Balaban J connectivity index is 1.44. The number of carbonyl (C=O) groups excluding carboxylic acids is 1. The van der Waals surface area contributed by atoms with E-state index < -0.39 is 11.6 Å². The molecule has 5 nitrogen and oxygen atoms in total. The normalized spacial score (nSPS) is 20.8. The van der Waals surface area contributed by atoms with Gasteiger partial charge in [-0.15, -0.1) is 0 Å². The number of piperidine rings is 1. The molecule has 172 valence electrons. The van der Waals surface area contributed by atoms with Crippen LogP contribution in [0.25, 0.3) is 0 Å². The lowest BCUT2D eigenvalue weighted by Gasteiger charge is -2.44. The van der Waals surface area contributed by atoms with Crippen LogP contribution in [-0.2, 0) is 21.6 Å². The number of hydrogen-bond donors (Lipinski definition) is 0. The van der Waals surface area contributed by atoms with E-state index in [0.29, 0.717) is 11.1 Å². The van der Waals surface area contributed by atoms with Crippen LogP contribution in [0.1, 0.15) is 36.0 Å². The molecule has 1 aliphatic heterocycles. The van der Waals surface area contributed by atoms with Gasteiger partial charge in [-0.25, -0.2) is 0 Å². The van der Waals surface area contributed by atoms with E-state index in [-0.39, 0.29) is 6.10 Å². The molecule has 0 saturated carbocycles. The van der Waals surface area contributed by atoms with Crippen LogP contribution >= 0.6 is 0 Å². The fourth-order valence-electron chi connectivity index (χ4n) is 4.87. The molecule has 1 fully saturated rings. The molecule has 1 aliphatic rings. The molecule has 0 bridgehead atoms. The fourth-order valence-corrected chi connectivity index (χ4v) is 4.87.